The first-order chi connectivity index (χ1) is 9.60. The van der Waals surface area contributed by atoms with Gasteiger partial charge >= 0.3 is 5.97 Å². The van der Waals surface area contributed by atoms with Crippen molar-refractivity contribution in [2.45, 2.75) is 19.4 Å². The lowest BCUT2D eigenvalue weighted by Gasteiger charge is -2.07. The second kappa shape index (κ2) is 6.29. The third-order valence-electron chi connectivity index (χ3n) is 2.67. The molecule has 5 nitrogen and oxygen atoms in total. The number of benzene rings is 1. The number of esters is 1. The summed E-state index contributed by atoms with van der Waals surface area (Å²) in [7, 11) is 0. The number of oxazole rings is 1. The molecule has 0 amide bonds. The zero-order chi connectivity index (χ0) is 14.5. The van der Waals surface area contributed by atoms with E-state index in [1.54, 1.807) is 19.1 Å². The zero-order valence-electron chi connectivity index (χ0n) is 11.0. The number of nitrogens with zero attached hydrogens (tertiary/aromatic N) is 1. The number of hydrogen-bond acceptors (Lipinski definition) is 5. The second-order valence-corrected chi connectivity index (χ2v) is 4.19. The molecule has 0 aliphatic rings. The van der Waals surface area contributed by atoms with Crippen LogP contribution in [0.1, 0.15) is 12.8 Å². The summed E-state index contributed by atoms with van der Waals surface area (Å²) in [5, 5.41) is 0. The standard InChI is InChI=1S/C14H15FN2O3/c1-2-19-14(18)11(16)7-13-17-8-12(20-13)9-3-5-10(15)6-4-9/h3-6,8,11H,2,7,16H2,1H3. The van der Waals surface area contributed by atoms with Crippen LogP contribution in [0.4, 0.5) is 4.39 Å². The zero-order valence-corrected chi connectivity index (χ0v) is 11.0. The van der Waals surface area contributed by atoms with Gasteiger partial charge in [0.05, 0.1) is 19.2 Å². The third kappa shape index (κ3) is 3.42. The average molecular weight is 278 g/mol. The van der Waals surface area contributed by atoms with Crippen LogP contribution in [0.25, 0.3) is 11.3 Å². The minimum atomic E-state index is -0.810. The van der Waals surface area contributed by atoms with Gasteiger partial charge in [0.1, 0.15) is 11.9 Å². The van der Waals surface area contributed by atoms with Crippen LogP contribution in [0.3, 0.4) is 0 Å². The van der Waals surface area contributed by atoms with Gasteiger partial charge in [0.2, 0.25) is 0 Å². The molecule has 1 heterocycles. The minimum absolute atomic E-state index is 0.153. The Morgan fingerprint density at radius 3 is 2.80 bits per heavy atom. The molecule has 0 spiro atoms. The molecule has 1 aromatic carbocycles. The van der Waals surface area contributed by atoms with Crippen LogP contribution >= 0.6 is 0 Å². The van der Waals surface area contributed by atoms with Crippen molar-refractivity contribution in [2.24, 2.45) is 5.73 Å². The molecule has 2 N–H and O–H groups in total. The molecule has 1 aromatic heterocycles. The van der Waals surface area contributed by atoms with Crippen molar-refractivity contribution in [1.82, 2.24) is 4.98 Å². The number of halogens is 1. The molecular formula is C14H15FN2O3. The SMILES string of the molecule is CCOC(=O)C(N)Cc1ncc(-c2ccc(F)cc2)o1. The highest BCUT2D eigenvalue weighted by atomic mass is 19.1. The van der Waals surface area contributed by atoms with E-state index in [0.29, 0.717) is 17.2 Å². The molecule has 2 aromatic rings. The smallest absolute Gasteiger partial charge is 0.323 e. The van der Waals surface area contributed by atoms with E-state index >= 15 is 0 Å². The van der Waals surface area contributed by atoms with Gasteiger partial charge < -0.3 is 14.9 Å². The van der Waals surface area contributed by atoms with Crippen molar-refractivity contribution >= 4 is 5.97 Å². The van der Waals surface area contributed by atoms with E-state index < -0.39 is 12.0 Å². The summed E-state index contributed by atoms with van der Waals surface area (Å²) in [6, 6.07) is 5.04. The number of rotatable bonds is 5. The fraction of sp³-hybridized carbons (Fsp3) is 0.286. The molecule has 1 atom stereocenters. The predicted octanol–water partition coefficient (Wildman–Crippen LogP) is 1.91. The summed E-state index contributed by atoms with van der Waals surface area (Å²) >= 11 is 0. The van der Waals surface area contributed by atoms with Crippen LogP contribution in [-0.2, 0) is 16.0 Å². The first-order valence-corrected chi connectivity index (χ1v) is 6.23. The van der Waals surface area contributed by atoms with Gasteiger partial charge in [-0.25, -0.2) is 9.37 Å². The molecule has 0 bridgehead atoms. The Morgan fingerprint density at radius 2 is 2.15 bits per heavy atom. The van der Waals surface area contributed by atoms with Crippen molar-refractivity contribution in [3.05, 3.63) is 42.2 Å². The highest BCUT2D eigenvalue weighted by molar-refractivity contribution is 5.75. The molecule has 106 valence electrons. The van der Waals surface area contributed by atoms with E-state index in [9.17, 15) is 9.18 Å². The van der Waals surface area contributed by atoms with Crippen molar-refractivity contribution in [1.29, 1.82) is 0 Å². The summed E-state index contributed by atoms with van der Waals surface area (Å²) < 4.78 is 23.1. The van der Waals surface area contributed by atoms with Gasteiger partial charge in [0, 0.05) is 5.56 Å². The molecule has 0 radical (unpaired) electrons. The van der Waals surface area contributed by atoms with Crippen molar-refractivity contribution in [3.63, 3.8) is 0 Å². The van der Waals surface area contributed by atoms with Gasteiger partial charge in [-0.3, -0.25) is 4.79 Å². The lowest BCUT2D eigenvalue weighted by atomic mass is 10.2. The molecule has 0 fully saturated rings. The summed E-state index contributed by atoms with van der Waals surface area (Å²) in [4.78, 5) is 15.5. The summed E-state index contributed by atoms with van der Waals surface area (Å²) in [6.07, 6.45) is 1.67. The first kappa shape index (κ1) is 14.2. The topological polar surface area (TPSA) is 78.4 Å². The number of aromatic nitrogens is 1. The van der Waals surface area contributed by atoms with E-state index in [2.05, 4.69) is 4.98 Å². The Kier molecular flexibility index (Phi) is 4.47. The summed E-state index contributed by atoms with van der Waals surface area (Å²) in [5.41, 5.74) is 6.38. The second-order valence-electron chi connectivity index (χ2n) is 4.19. The molecule has 6 heteroatoms. The van der Waals surface area contributed by atoms with Crippen molar-refractivity contribution in [3.8, 4) is 11.3 Å². The Balaban J connectivity index is 2.05. The van der Waals surface area contributed by atoms with Crippen LogP contribution in [0.2, 0.25) is 0 Å². The normalized spacial score (nSPS) is 12.2. The highest BCUT2D eigenvalue weighted by Gasteiger charge is 2.18. The first-order valence-electron chi connectivity index (χ1n) is 6.23. The number of nitrogens with two attached hydrogens (primary N) is 1. The summed E-state index contributed by atoms with van der Waals surface area (Å²) in [5.74, 6) is 0.0211. The Morgan fingerprint density at radius 1 is 1.45 bits per heavy atom. The number of carbonyl (C=O) groups is 1. The summed E-state index contributed by atoms with van der Waals surface area (Å²) in [6.45, 7) is 1.99. The molecule has 0 saturated carbocycles. The fourth-order valence-corrected chi connectivity index (χ4v) is 1.67. The van der Waals surface area contributed by atoms with Crippen LogP contribution in [0.5, 0.6) is 0 Å². The Bertz CT molecular complexity index is 580. The predicted molar refractivity (Wildman–Crippen MR) is 70.2 cm³/mol. The maximum atomic E-state index is 12.8. The number of ether oxygens (including phenoxy) is 1. The van der Waals surface area contributed by atoms with E-state index in [1.165, 1.54) is 18.3 Å². The van der Waals surface area contributed by atoms with Crippen LogP contribution in [0, 0.1) is 5.82 Å². The number of hydrogen-bond donors (Lipinski definition) is 1. The molecule has 1 unspecified atom stereocenters. The van der Waals surface area contributed by atoms with Gasteiger partial charge in [-0.05, 0) is 31.2 Å². The van der Waals surface area contributed by atoms with Crippen molar-refractivity contribution in [2.75, 3.05) is 6.61 Å². The van der Waals surface area contributed by atoms with Crippen molar-refractivity contribution < 1.29 is 18.3 Å². The van der Waals surface area contributed by atoms with E-state index in [1.807, 2.05) is 0 Å². The average Bonchev–Trinajstić information content (AvgIpc) is 2.88. The molecule has 0 aliphatic heterocycles. The Hall–Kier alpha value is -2.21. The molecule has 0 saturated heterocycles. The van der Waals surface area contributed by atoms with Crippen LogP contribution in [0.15, 0.2) is 34.9 Å². The maximum Gasteiger partial charge on any atom is 0.323 e. The largest absolute Gasteiger partial charge is 0.465 e. The maximum absolute atomic E-state index is 12.8. The molecule has 20 heavy (non-hydrogen) atoms. The van der Waals surface area contributed by atoms with Gasteiger partial charge in [0.15, 0.2) is 11.7 Å². The van der Waals surface area contributed by atoms with Gasteiger partial charge in [0.25, 0.3) is 0 Å². The monoisotopic (exact) mass is 278 g/mol. The van der Waals surface area contributed by atoms with Gasteiger partial charge in [-0.1, -0.05) is 0 Å². The molecule has 2 rings (SSSR count). The number of carbonyl (C=O) groups excluding carboxylic acids is 1. The molecular weight excluding hydrogens is 263 g/mol. The van der Waals surface area contributed by atoms with E-state index in [4.69, 9.17) is 14.9 Å². The quantitative estimate of drug-likeness (QED) is 0.845. The van der Waals surface area contributed by atoms with Gasteiger partial charge in [-0.15, -0.1) is 0 Å². The van der Waals surface area contributed by atoms with E-state index in [0.717, 1.165) is 0 Å². The minimum Gasteiger partial charge on any atom is -0.465 e. The fourth-order valence-electron chi connectivity index (χ4n) is 1.67. The third-order valence-corrected chi connectivity index (χ3v) is 2.67. The van der Waals surface area contributed by atoms with Crippen LogP contribution in [-0.4, -0.2) is 23.6 Å². The molecule has 0 aliphatic carbocycles. The highest BCUT2D eigenvalue weighted by Crippen LogP contribution is 2.21. The lowest BCUT2D eigenvalue weighted by molar-refractivity contribution is -0.144. The lowest BCUT2D eigenvalue weighted by Crippen LogP contribution is -2.34. The Labute approximate surface area is 115 Å². The van der Waals surface area contributed by atoms with Gasteiger partial charge in [-0.2, -0.15) is 0 Å². The van der Waals surface area contributed by atoms with E-state index in [-0.39, 0.29) is 18.8 Å². The van der Waals surface area contributed by atoms with Crippen LogP contribution < -0.4 is 5.73 Å².